The molecule has 3 rings (SSSR count). The molecule has 8 heteroatoms. The summed E-state index contributed by atoms with van der Waals surface area (Å²) < 4.78 is 10.8. The van der Waals surface area contributed by atoms with E-state index in [1.807, 2.05) is 17.4 Å². The number of ether oxygens (including phenoxy) is 2. The molecule has 6 nitrogen and oxygen atoms in total. The van der Waals surface area contributed by atoms with Crippen LogP contribution in [0.2, 0.25) is 0 Å². The van der Waals surface area contributed by atoms with Crippen LogP contribution in [-0.4, -0.2) is 45.9 Å². The molecule has 0 bridgehead atoms. The summed E-state index contributed by atoms with van der Waals surface area (Å²) in [6.07, 6.45) is 2.12. The van der Waals surface area contributed by atoms with Crippen LogP contribution in [-0.2, 0) is 6.54 Å². The van der Waals surface area contributed by atoms with Gasteiger partial charge in [-0.25, -0.2) is 4.99 Å². The van der Waals surface area contributed by atoms with E-state index in [0.29, 0.717) is 6.04 Å². The van der Waals surface area contributed by atoms with Crippen molar-refractivity contribution in [2.75, 3.05) is 38.8 Å². The second-order valence-corrected chi connectivity index (χ2v) is 8.56. The topological polar surface area (TPSA) is 58.1 Å². The van der Waals surface area contributed by atoms with Crippen molar-refractivity contribution in [2.24, 2.45) is 4.99 Å². The van der Waals surface area contributed by atoms with Crippen LogP contribution in [0.4, 0.5) is 5.69 Å². The number of piperidine rings is 1. The highest BCUT2D eigenvalue weighted by Gasteiger charge is 2.21. The summed E-state index contributed by atoms with van der Waals surface area (Å²) >= 11 is 1.81. The van der Waals surface area contributed by atoms with Gasteiger partial charge in [-0.1, -0.05) is 0 Å². The zero-order chi connectivity index (χ0) is 20.6. The Morgan fingerprint density at radius 1 is 1.13 bits per heavy atom. The summed E-state index contributed by atoms with van der Waals surface area (Å²) in [6, 6.07) is 10.8. The fourth-order valence-corrected chi connectivity index (χ4v) is 4.31. The highest BCUT2D eigenvalue weighted by molar-refractivity contribution is 14.0. The van der Waals surface area contributed by atoms with E-state index >= 15 is 0 Å². The van der Waals surface area contributed by atoms with Gasteiger partial charge in [0.2, 0.25) is 0 Å². The predicted octanol–water partition coefficient (Wildman–Crippen LogP) is 4.42. The first-order chi connectivity index (χ1) is 14.1. The molecule has 1 aliphatic rings. The van der Waals surface area contributed by atoms with Crippen molar-refractivity contribution in [1.29, 1.82) is 0 Å². The molecule has 30 heavy (non-hydrogen) atoms. The monoisotopic (exact) mass is 544 g/mol. The number of thiophene rings is 1. The Labute approximate surface area is 201 Å². The smallest absolute Gasteiger partial charge is 0.191 e. The van der Waals surface area contributed by atoms with Crippen LogP contribution < -0.4 is 25.0 Å². The van der Waals surface area contributed by atoms with Gasteiger partial charge in [0, 0.05) is 59.3 Å². The Kier molecular flexibility index (Phi) is 10.0. The summed E-state index contributed by atoms with van der Waals surface area (Å²) in [5.41, 5.74) is 1.15. The number of hydrogen-bond donors (Lipinski definition) is 2. The van der Waals surface area contributed by atoms with E-state index in [-0.39, 0.29) is 24.0 Å². The molecule has 0 atom stereocenters. The predicted molar refractivity (Wildman–Crippen MR) is 137 cm³/mol. The van der Waals surface area contributed by atoms with Crippen LogP contribution in [0.15, 0.2) is 35.3 Å². The lowest BCUT2D eigenvalue weighted by atomic mass is 10.0. The number of aliphatic imine (C=N–C) groups is 1. The number of guanidine groups is 1. The van der Waals surface area contributed by atoms with Crippen LogP contribution in [0.5, 0.6) is 11.5 Å². The van der Waals surface area contributed by atoms with Gasteiger partial charge in [-0.05, 0) is 38.8 Å². The number of benzene rings is 1. The summed E-state index contributed by atoms with van der Waals surface area (Å²) in [5, 5.41) is 7.00. The van der Waals surface area contributed by atoms with E-state index in [4.69, 9.17) is 14.5 Å². The molecule has 1 aliphatic heterocycles. The van der Waals surface area contributed by atoms with Gasteiger partial charge in [-0.15, -0.1) is 35.3 Å². The molecule has 2 heterocycles. The largest absolute Gasteiger partial charge is 0.497 e. The SMILES string of the molecule is CCNC(=NCc1ccc(C)s1)NC1CCN(c2cc(OC)cc(OC)c2)CC1.I. The first-order valence-corrected chi connectivity index (χ1v) is 11.0. The molecule has 0 spiro atoms. The highest BCUT2D eigenvalue weighted by atomic mass is 127. The number of nitrogens with one attached hydrogen (secondary N) is 2. The number of rotatable bonds is 7. The van der Waals surface area contributed by atoms with E-state index in [2.05, 4.69) is 53.6 Å². The maximum Gasteiger partial charge on any atom is 0.191 e. The number of methoxy groups -OCH3 is 2. The van der Waals surface area contributed by atoms with Crippen molar-refractivity contribution in [3.8, 4) is 11.5 Å². The van der Waals surface area contributed by atoms with Crippen LogP contribution in [0.1, 0.15) is 29.5 Å². The molecule has 1 aromatic carbocycles. The Morgan fingerprint density at radius 3 is 2.33 bits per heavy atom. The average molecular weight is 545 g/mol. The van der Waals surface area contributed by atoms with Crippen molar-refractivity contribution in [2.45, 2.75) is 39.3 Å². The van der Waals surface area contributed by atoms with E-state index in [9.17, 15) is 0 Å². The van der Waals surface area contributed by atoms with Crippen molar-refractivity contribution in [3.63, 3.8) is 0 Å². The Balaban J connectivity index is 0.00000320. The van der Waals surface area contributed by atoms with Crippen LogP contribution in [0.25, 0.3) is 0 Å². The molecular formula is C22H33IN4O2S. The number of anilines is 1. The fraction of sp³-hybridized carbons (Fsp3) is 0.500. The zero-order valence-corrected chi connectivity index (χ0v) is 21.4. The molecule has 0 unspecified atom stereocenters. The summed E-state index contributed by atoms with van der Waals surface area (Å²) in [5.74, 6) is 2.55. The van der Waals surface area contributed by atoms with Crippen LogP contribution in [0.3, 0.4) is 0 Å². The van der Waals surface area contributed by atoms with Gasteiger partial charge in [-0.3, -0.25) is 0 Å². The molecule has 1 saturated heterocycles. The Hall–Kier alpha value is -1.68. The third kappa shape index (κ3) is 6.94. The maximum atomic E-state index is 5.41. The zero-order valence-electron chi connectivity index (χ0n) is 18.2. The molecule has 1 fully saturated rings. The molecule has 0 saturated carbocycles. The van der Waals surface area contributed by atoms with Gasteiger partial charge >= 0.3 is 0 Å². The molecule has 2 N–H and O–H groups in total. The lowest BCUT2D eigenvalue weighted by Gasteiger charge is -2.34. The first-order valence-electron chi connectivity index (χ1n) is 10.2. The first kappa shape index (κ1) is 24.6. The third-order valence-electron chi connectivity index (χ3n) is 5.07. The maximum absolute atomic E-state index is 5.41. The minimum Gasteiger partial charge on any atom is -0.497 e. The van der Waals surface area contributed by atoms with Crippen molar-refractivity contribution >= 4 is 47.0 Å². The van der Waals surface area contributed by atoms with E-state index < -0.39 is 0 Å². The lowest BCUT2D eigenvalue weighted by Crippen LogP contribution is -2.48. The van der Waals surface area contributed by atoms with E-state index in [1.54, 1.807) is 14.2 Å². The van der Waals surface area contributed by atoms with E-state index in [1.165, 1.54) is 9.75 Å². The van der Waals surface area contributed by atoms with Gasteiger partial charge in [0.25, 0.3) is 0 Å². The average Bonchev–Trinajstić information content (AvgIpc) is 3.17. The third-order valence-corrected chi connectivity index (χ3v) is 6.06. The molecular weight excluding hydrogens is 511 g/mol. The Bertz CT molecular complexity index is 797. The standard InChI is InChI=1S/C22H32N4O2S.HI/c1-5-23-22(24-15-21-7-6-16(2)29-21)25-17-8-10-26(11-9-17)18-12-19(27-3)14-20(13-18)28-4;/h6-7,12-14,17H,5,8-11,15H2,1-4H3,(H2,23,24,25);1H. The minimum absolute atomic E-state index is 0. The second-order valence-electron chi connectivity index (χ2n) is 7.18. The van der Waals surface area contributed by atoms with Crippen LogP contribution in [0, 0.1) is 6.92 Å². The Morgan fingerprint density at radius 2 is 1.80 bits per heavy atom. The molecule has 0 amide bonds. The van der Waals surface area contributed by atoms with Gasteiger partial charge < -0.3 is 25.0 Å². The summed E-state index contributed by atoms with van der Waals surface area (Å²) in [4.78, 5) is 9.78. The lowest BCUT2D eigenvalue weighted by molar-refractivity contribution is 0.393. The molecule has 0 radical (unpaired) electrons. The van der Waals surface area contributed by atoms with Crippen molar-refractivity contribution in [1.82, 2.24) is 10.6 Å². The van der Waals surface area contributed by atoms with Gasteiger partial charge in [0.1, 0.15) is 11.5 Å². The van der Waals surface area contributed by atoms with E-state index in [0.717, 1.165) is 62.2 Å². The van der Waals surface area contributed by atoms with Gasteiger partial charge in [0.05, 0.1) is 20.8 Å². The number of nitrogens with zero attached hydrogens (tertiary/aromatic N) is 2. The summed E-state index contributed by atoms with van der Waals surface area (Å²) in [7, 11) is 3.38. The minimum atomic E-state index is 0. The normalized spacial score (nSPS) is 14.8. The van der Waals surface area contributed by atoms with Crippen LogP contribution >= 0.6 is 35.3 Å². The van der Waals surface area contributed by atoms with Crippen molar-refractivity contribution < 1.29 is 9.47 Å². The summed E-state index contributed by atoms with van der Waals surface area (Å²) in [6.45, 7) is 7.78. The molecule has 1 aromatic heterocycles. The molecule has 0 aliphatic carbocycles. The molecule has 166 valence electrons. The highest BCUT2D eigenvalue weighted by Crippen LogP contribution is 2.30. The number of hydrogen-bond acceptors (Lipinski definition) is 5. The van der Waals surface area contributed by atoms with Gasteiger partial charge in [-0.2, -0.15) is 0 Å². The second kappa shape index (κ2) is 12.2. The number of halogens is 1. The van der Waals surface area contributed by atoms with Crippen molar-refractivity contribution in [3.05, 3.63) is 40.1 Å². The quantitative estimate of drug-likeness (QED) is 0.307. The van der Waals surface area contributed by atoms with Gasteiger partial charge in [0.15, 0.2) is 5.96 Å². The fourth-order valence-electron chi connectivity index (χ4n) is 3.50. The number of aryl methyl sites for hydroxylation is 1. The molecule has 2 aromatic rings.